The molecule has 6 nitrogen and oxygen atoms in total. The number of hydrogen-bond acceptors (Lipinski definition) is 7. The molecule has 2 rings (SSSR count). The standard InChI is InChI=1S/C17H32N2O4S2/c1-17(2,3)23-16(20)19-10-6-15(7-11-19)22-13-25-24-12-21-14-4-8-18-9-5-14/h14-15,18H,4-13H2,1-3H3. The van der Waals surface area contributed by atoms with Crippen LogP contribution in [-0.4, -0.2) is 66.9 Å². The largest absolute Gasteiger partial charge is 0.444 e. The highest BCUT2D eigenvalue weighted by molar-refractivity contribution is 8.76. The van der Waals surface area contributed by atoms with Gasteiger partial charge in [0.05, 0.1) is 12.2 Å². The van der Waals surface area contributed by atoms with Gasteiger partial charge in [-0.3, -0.25) is 0 Å². The lowest BCUT2D eigenvalue weighted by molar-refractivity contribution is -0.000702. The van der Waals surface area contributed by atoms with Gasteiger partial charge in [0.1, 0.15) is 17.5 Å². The number of hydrogen-bond donors (Lipinski definition) is 1. The first kappa shape index (κ1) is 21.2. The second-order valence-electron chi connectivity index (χ2n) is 7.42. The molecule has 2 aliphatic heterocycles. The first-order valence-electron chi connectivity index (χ1n) is 9.10. The van der Waals surface area contributed by atoms with E-state index < -0.39 is 5.60 Å². The van der Waals surface area contributed by atoms with Crippen molar-refractivity contribution in [1.29, 1.82) is 0 Å². The minimum atomic E-state index is -0.436. The van der Waals surface area contributed by atoms with E-state index in [1.807, 2.05) is 20.8 Å². The van der Waals surface area contributed by atoms with Gasteiger partial charge in [0.2, 0.25) is 0 Å². The van der Waals surface area contributed by atoms with Gasteiger partial charge in [0, 0.05) is 13.1 Å². The summed E-state index contributed by atoms with van der Waals surface area (Å²) in [5, 5.41) is 3.34. The van der Waals surface area contributed by atoms with Crippen LogP contribution < -0.4 is 5.32 Å². The van der Waals surface area contributed by atoms with Crippen LogP contribution in [0.1, 0.15) is 46.5 Å². The molecule has 2 aliphatic rings. The van der Waals surface area contributed by atoms with Crippen LogP contribution >= 0.6 is 21.6 Å². The van der Waals surface area contributed by atoms with Crippen LogP contribution in [0.5, 0.6) is 0 Å². The van der Waals surface area contributed by atoms with Crippen molar-refractivity contribution in [2.45, 2.75) is 64.3 Å². The minimum absolute atomic E-state index is 0.217. The molecule has 0 spiro atoms. The van der Waals surface area contributed by atoms with E-state index in [0.717, 1.165) is 44.7 Å². The van der Waals surface area contributed by atoms with Crippen LogP contribution in [0.2, 0.25) is 0 Å². The third kappa shape index (κ3) is 8.86. The Morgan fingerprint density at radius 1 is 1.00 bits per heavy atom. The number of carbonyl (C=O) groups excluding carboxylic acids is 1. The van der Waals surface area contributed by atoms with Crippen molar-refractivity contribution in [2.24, 2.45) is 0 Å². The highest BCUT2D eigenvalue weighted by atomic mass is 33.1. The van der Waals surface area contributed by atoms with Gasteiger partial charge in [-0.25, -0.2) is 4.79 Å². The second kappa shape index (κ2) is 10.9. The predicted molar refractivity (Wildman–Crippen MR) is 104 cm³/mol. The molecule has 8 heteroatoms. The number of likely N-dealkylation sites (tertiary alicyclic amines) is 1. The van der Waals surface area contributed by atoms with E-state index in [4.69, 9.17) is 14.2 Å². The molecule has 0 radical (unpaired) electrons. The number of rotatable bonds is 7. The number of nitrogens with zero attached hydrogens (tertiary/aromatic N) is 1. The Balaban J connectivity index is 1.47. The van der Waals surface area contributed by atoms with Crippen molar-refractivity contribution < 1.29 is 19.0 Å². The summed E-state index contributed by atoms with van der Waals surface area (Å²) in [6.45, 7) is 9.22. The number of ether oxygens (including phenoxy) is 3. The lowest BCUT2D eigenvalue weighted by Gasteiger charge is -2.33. The number of amides is 1. The molecule has 2 heterocycles. The maximum absolute atomic E-state index is 12.0. The van der Waals surface area contributed by atoms with E-state index in [0.29, 0.717) is 25.1 Å². The maximum Gasteiger partial charge on any atom is 0.410 e. The number of piperidine rings is 2. The molecule has 2 saturated heterocycles. The predicted octanol–water partition coefficient (Wildman–Crippen LogP) is 3.47. The Morgan fingerprint density at radius 2 is 1.52 bits per heavy atom. The minimum Gasteiger partial charge on any atom is -0.444 e. The molecular formula is C17H32N2O4S2. The molecule has 0 saturated carbocycles. The molecule has 0 aliphatic carbocycles. The van der Waals surface area contributed by atoms with Gasteiger partial charge in [-0.15, -0.1) is 0 Å². The molecule has 146 valence electrons. The Labute approximate surface area is 159 Å². The summed E-state index contributed by atoms with van der Waals surface area (Å²) in [6, 6.07) is 0. The Hall–Kier alpha value is -0.150. The van der Waals surface area contributed by atoms with Crippen LogP contribution in [0.3, 0.4) is 0 Å². The average Bonchev–Trinajstić information content (AvgIpc) is 2.58. The van der Waals surface area contributed by atoms with Crippen molar-refractivity contribution >= 4 is 27.7 Å². The summed E-state index contributed by atoms with van der Waals surface area (Å²) in [6.07, 6.45) is 4.39. The first-order chi connectivity index (χ1) is 11.9. The lowest BCUT2D eigenvalue weighted by Crippen LogP contribution is -2.43. The Morgan fingerprint density at radius 3 is 2.04 bits per heavy atom. The first-order valence-corrected chi connectivity index (χ1v) is 11.6. The van der Waals surface area contributed by atoms with Crippen LogP contribution in [0.25, 0.3) is 0 Å². The topological polar surface area (TPSA) is 60.0 Å². The van der Waals surface area contributed by atoms with Crippen molar-refractivity contribution in [3.8, 4) is 0 Å². The van der Waals surface area contributed by atoms with E-state index in [1.54, 1.807) is 26.5 Å². The van der Waals surface area contributed by atoms with Crippen molar-refractivity contribution in [3.05, 3.63) is 0 Å². The van der Waals surface area contributed by atoms with E-state index >= 15 is 0 Å². The normalized spacial score (nSPS) is 20.7. The number of nitrogens with one attached hydrogen (secondary N) is 1. The van der Waals surface area contributed by atoms with Gasteiger partial charge in [-0.1, -0.05) is 21.6 Å². The zero-order valence-corrected chi connectivity index (χ0v) is 17.3. The second-order valence-corrected chi connectivity index (χ2v) is 9.78. The highest BCUT2D eigenvalue weighted by Crippen LogP contribution is 2.25. The molecule has 0 atom stereocenters. The smallest absolute Gasteiger partial charge is 0.410 e. The van der Waals surface area contributed by atoms with E-state index in [2.05, 4.69) is 5.32 Å². The summed E-state index contributed by atoms with van der Waals surface area (Å²) >= 11 is 0. The summed E-state index contributed by atoms with van der Waals surface area (Å²) in [7, 11) is 3.41. The van der Waals surface area contributed by atoms with Crippen molar-refractivity contribution in [2.75, 3.05) is 38.1 Å². The zero-order chi connectivity index (χ0) is 18.1. The summed E-state index contributed by atoms with van der Waals surface area (Å²) in [5.41, 5.74) is -0.436. The molecule has 0 aromatic rings. The SMILES string of the molecule is CC(C)(C)OC(=O)N1CCC(OCSSCOC2CCNCC2)CC1. The zero-order valence-electron chi connectivity index (χ0n) is 15.6. The molecule has 1 amide bonds. The van der Waals surface area contributed by atoms with Crippen LogP contribution in [0.15, 0.2) is 0 Å². The van der Waals surface area contributed by atoms with Gasteiger partial charge in [0.15, 0.2) is 0 Å². The molecule has 0 aromatic heterocycles. The molecule has 25 heavy (non-hydrogen) atoms. The average molecular weight is 393 g/mol. The van der Waals surface area contributed by atoms with Gasteiger partial charge in [-0.2, -0.15) is 0 Å². The molecular weight excluding hydrogens is 360 g/mol. The van der Waals surface area contributed by atoms with Crippen molar-refractivity contribution in [1.82, 2.24) is 10.2 Å². The quantitative estimate of drug-likeness (QED) is 0.404. The molecule has 0 bridgehead atoms. The van der Waals surface area contributed by atoms with Crippen LogP contribution in [0, 0.1) is 0 Å². The van der Waals surface area contributed by atoms with E-state index in [9.17, 15) is 4.79 Å². The van der Waals surface area contributed by atoms with Crippen LogP contribution in [-0.2, 0) is 14.2 Å². The fourth-order valence-corrected chi connectivity index (χ4v) is 4.18. The Bertz CT molecular complexity index is 393. The molecule has 2 fully saturated rings. The molecule has 1 N–H and O–H groups in total. The molecule has 0 unspecified atom stereocenters. The molecule has 0 aromatic carbocycles. The maximum atomic E-state index is 12.0. The van der Waals surface area contributed by atoms with E-state index in [-0.39, 0.29) is 12.2 Å². The fourth-order valence-electron chi connectivity index (χ4n) is 2.81. The fraction of sp³-hybridized carbons (Fsp3) is 0.941. The third-order valence-electron chi connectivity index (χ3n) is 4.17. The Kier molecular flexibility index (Phi) is 9.20. The third-order valence-corrected chi connectivity index (χ3v) is 5.88. The summed E-state index contributed by atoms with van der Waals surface area (Å²) in [4.78, 5) is 13.8. The number of carbonyl (C=O) groups is 1. The van der Waals surface area contributed by atoms with Gasteiger partial charge < -0.3 is 24.4 Å². The van der Waals surface area contributed by atoms with Crippen molar-refractivity contribution in [3.63, 3.8) is 0 Å². The lowest BCUT2D eigenvalue weighted by atomic mass is 10.1. The van der Waals surface area contributed by atoms with E-state index in [1.165, 1.54) is 0 Å². The summed E-state index contributed by atoms with van der Waals surface area (Å²) < 4.78 is 17.2. The van der Waals surface area contributed by atoms with Gasteiger partial charge in [0.25, 0.3) is 0 Å². The van der Waals surface area contributed by atoms with Crippen LogP contribution in [0.4, 0.5) is 4.79 Å². The highest BCUT2D eigenvalue weighted by Gasteiger charge is 2.27. The van der Waals surface area contributed by atoms with Gasteiger partial charge >= 0.3 is 6.09 Å². The monoisotopic (exact) mass is 392 g/mol. The van der Waals surface area contributed by atoms with Gasteiger partial charge in [-0.05, 0) is 59.5 Å². The summed E-state index contributed by atoms with van der Waals surface area (Å²) in [5.74, 6) is 1.38.